The number of hydrogen-bond donors (Lipinski definition) is 0. The van der Waals surface area contributed by atoms with Gasteiger partial charge in [0.25, 0.3) is 0 Å². The summed E-state index contributed by atoms with van der Waals surface area (Å²) < 4.78 is 26.2. The Morgan fingerprint density at radius 3 is 2.08 bits per heavy atom. The Morgan fingerprint density at radius 2 is 1.52 bits per heavy atom. The fourth-order valence-corrected chi connectivity index (χ4v) is 3.29. The highest BCUT2D eigenvalue weighted by Crippen LogP contribution is 2.14. The fourth-order valence-electron chi connectivity index (χ4n) is 2.30. The first-order valence-corrected chi connectivity index (χ1v) is 10.4. The van der Waals surface area contributed by atoms with Crippen LogP contribution >= 0.6 is 15.9 Å². The zero-order valence-electron chi connectivity index (χ0n) is 14.2. The van der Waals surface area contributed by atoms with Crippen molar-refractivity contribution >= 4 is 31.9 Å². The lowest BCUT2D eigenvalue weighted by Gasteiger charge is -2.23. The minimum atomic E-state index is -3.50. The van der Waals surface area contributed by atoms with Gasteiger partial charge < -0.3 is 4.90 Å². The summed E-state index contributed by atoms with van der Waals surface area (Å²) in [5.74, 6) is -0.244. The van der Waals surface area contributed by atoms with Gasteiger partial charge in [0.1, 0.15) is 0 Å². The number of sulfonamides is 1. The summed E-state index contributed by atoms with van der Waals surface area (Å²) >= 11 is 3.35. The first kappa shape index (κ1) is 19.6. The summed E-state index contributed by atoms with van der Waals surface area (Å²) in [5, 5.41) is 0. The third kappa shape index (κ3) is 6.26. The number of carbonyl (C=O) groups is 1. The summed E-state index contributed by atoms with van der Waals surface area (Å²) in [6.45, 7) is 0.421. The van der Waals surface area contributed by atoms with Gasteiger partial charge in [0, 0.05) is 24.6 Å². The lowest BCUT2D eigenvalue weighted by molar-refractivity contribution is -0.130. The Bertz CT molecular complexity index is 808. The van der Waals surface area contributed by atoms with Crippen molar-refractivity contribution in [1.29, 1.82) is 0 Å². The van der Waals surface area contributed by atoms with Gasteiger partial charge in [-0.25, -0.2) is 8.42 Å². The molecule has 7 heteroatoms. The Balaban J connectivity index is 2.05. The number of benzene rings is 2. The van der Waals surface area contributed by atoms with Crippen LogP contribution in [0.15, 0.2) is 59.1 Å². The quantitative estimate of drug-likeness (QED) is 0.686. The largest absolute Gasteiger partial charge is 0.340 e. The van der Waals surface area contributed by atoms with Crippen LogP contribution in [0.2, 0.25) is 0 Å². The molecule has 0 aliphatic rings. The predicted molar refractivity (Wildman–Crippen MR) is 102 cm³/mol. The molecule has 0 aliphatic heterocycles. The normalized spacial score (nSPS) is 11.5. The Kier molecular flexibility index (Phi) is 6.75. The van der Waals surface area contributed by atoms with Crippen LogP contribution in [0, 0.1) is 0 Å². The molecule has 0 saturated heterocycles. The highest BCUT2D eigenvalue weighted by molar-refractivity contribution is 9.10. The van der Waals surface area contributed by atoms with Crippen molar-refractivity contribution in [2.75, 3.05) is 19.8 Å². The molecule has 1 amide bonds. The molecule has 2 aromatic carbocycles. The van der Waals surface area contributed by atoms with Gasteiger partial charge in [0.2, 0.25) is 15.9 Å². The number of hydrogen-bond acceptors (Lipinski definition) is 3. The van der Waals surface area contributed by atoms with Gasteiger partial charge >= 0.3 is 0 Å². The third-order valence-electron chi connectivity index (χ3n) is 3.74. The second-order valence-electron chi connectivity index (χ2n) is 5.89. The number of carbonyl (C=O) groups excluding carboxylic acids is 1. The molecule has 5 nitrogen and oxygen atoms in total. The lowest BCUT2D eigenvalue weighted by atomic mass is 10.2. The smallest absolute Gasteiger partial charge is 0.237 e. The molecule has 134 valence electrons. The number of rotatable bonds is 7. The average molecular weight is 425 g/mol. The molecular weight excluding hydrogens is 404 g/mol. The molecule has 0 aliphatic carbocycles. The standard InChI is InChI=1S/C18H21BrN2O3S/c1-20(12-15-6-4-3-5-7-15)18(22)14-21(25(2,23)24)13-16-8-10-17(19)11-9-16/h3-11H,12-14H2,1-2H3. The van der Waals surface area contributed by atoms with Gasteiger partial charge in [-0.15, -0.1) is 0 Å². The molecule has 2 aromatic rings. The third-order valence-corrected chi connectivity index (χ3v) is 5.47. The van der Waals surface area contributed by atoms with E-state index in [1.54, 1.807) is 7.05 Å². The summed E-state index contributed by atoms with van der Waals surface area (Å²) in [6.07, 6.45) is 1.12. The van der Waals surface area contributed by atoms with Crippen molar-refractivity contribution in [2.45, 2.75) is 13.1 Å². The topological polar surface area (TPSA) is 57.7 Å². The molecular formula is C18H21BrN2O3S. The van der Waals surface area contributed by atoms with Crippen molar-refractivity contribution in [3.05, 3.63) is 70.2 Å². The first-order chi connectivity index (χ1) is 11.8. The van der Waals surface area contributed by atoms with Crippen molar-refractivity contribution in [3.63, 3.8) is 0 Å². The van der Waals surface area contributed by atoms with Crippen LogP contribution in [0.4, 0.5) is 0 Å². The second kappa shape index (κ2) is 8.60. The molecule has 0 spiro atoms. The van der Waals surface area contributed by atoms with Crippen LogP contribution in [0.1, 0.15) is 11.1 Å². The van der Waals surface area contributed by atoms with E-state index in [9.17, 15) is 13.2 Å². The molecule has 2 rings (SSSR count). The van der Waals surface area contributed by atoms with Crippen LogP contribution < -0.4 is 0 Å². The Hall–Kier alpha value is -1.70. The van der Waals surface area contributed by atoms with Gasteiger partial charge in [-0.1, -0.05) is 58.4 Å². The predicted octanol–water partition coefficient (Wildman–Crippen LogP) is 2.87. The van der Waals surface area contributed by atoms with E-state index in [4.69, 9.17) is 0 Å². The molecule has 0 heterocycles. The molecule has 0 radical (unpaired) electrons. The second-order valence-corrected chi connectivity index (χ2v) is 8.79. The Morgan fingerprint density at radius 1 is 0.960 bits per heavy atom. The molecule has 0 bridgehead atoms. The summed E-state index contributed by atoms with van der Waals surface area (Å²) in [6, 6.07) is 16.9. The SMILES string of the molecule is CN(Cc1ccccc1)C(=O)CN(Cc1ccc(Br)cc1)S(C)(=O)=O. The van der Waals surface area contributed by atoms with Crippen LogP contribution in [0.25, 0.3) is 0 Å². The highest BCUT2D eigenvalue weighted by atomic mass is 79.9. The van der Waals surface area contributed by atoms with Crippen molar-refractivity contribution in [1.82, 2.24) is 9.21 Å². The van der Waals surface area contributed by atoms with E-state index in [2.05, 4.69) is 15.9 Å². The van der Waals surface area contributed by atoms with Gasteiger partial charge in [-0.05, 0) is 23.3 Å². The van der Waals surface area contributed by atoms with E-state index in [0.717, 1.165) is 21.9 Å². The molecule has 0 saturated carbocycles. The lowest BCUT2D eigenvalue weighted by Crippen LogP contribution is -2.40. The van der Waals surface area contributed by atoms with Crippen LogP contribution in [-0.2, 0) is 27.9 Å². The molecule has 0 fully saturated rings. The van der Waals surface area contributed by atoms with Crippen LogP contribution in [-0.4, -0.2) is 43.4 Å². The highest BCUT2D eigenvalue weighted by Gasteiger charge is 2.22. The van der Waals surface area contributed by atoms with E-state index in [-0.39, 0.29) is 19.0 Å². The summed E-state index contributed by atoms with van der Waals surface area (Å²) in [4.78, 5) is 14.0. The molecule has 25 heavy (non-hydrogen) atoms. The fraction of sp³-hybridized carbons (Fsp3) is 0.278. The van der Waals surface area contributed by atoms with E-state index in [1.165, 1.54) is 9.21 Å². The maximum atomic E-state index is 12.5. The van der Waals surface area contributed by atoms with Crippen molar-refractivity contribution < 1.29 is 13.2 Å². The number of amides is 1. The zero-order chi connectivity index (χ0) is 18.4. The van der Waals surface area contributed by atoms with Gasteiger partial charge in [0.15, 0.2) is 0 Å². The molecule has 0 aromatic heterocycles. The maximum absolute atomic E-state index is 12.5. The molecule has 0 atom stereocenters. The van der Waals surface area contributed by atoms with E-state index in [0.29, 0.717) is 6.54 Å². The Labute approximate surface area is 157 Å². The van der Waals surface area contributed by atoms with Gasteiger partial charge in [-0.3, -0.25) is 4.79 Å². The number of likely N-dealkylation sites (N-methyl/N-ethyl adjacent to an activating group) is 1. The average Bonchev–Trinajstić information content (AvgIpc) is 2.56. The first-order valence-electron chi connectivity index (χ1n) is 7.73. The zero-order valence-corrected chi connectivity index (χ0v) is 16.6. The molecule has 0 N–H and O–H groups in total. The van der Waals surface area contributed by atoms with Gasteiger partial charge in [0.05, 0.1) is 12.8 Å². The maximum Gasteiger partial charge on any atom is 0.237 e. The van der Waals surface area contributed by atoms with Crippen LogP contribution in [0.5, 0.6) is 0 Å². The number of halogens is 1. The minimum absolute atomic E-state index is 0.164. The van der Waals surface area contributed by atoms with Gasteiger partial charge in [-0.2, -0.15) is 4.31 Å². The van der Waals surface area contributed by atoms with Crippen molar-refractivity contribution in [3.8, 4) is 0 Å². The minimum Gasteiger partial charge on any atom is -0.340 e. The number of nitrogens with zero attached hydrogens (tertiary/aromatic N) is 2. The van der Waals surface area contributed by atoms with E-state index in [1.807, 2.05) is 54.6 Å². The van der Waals surface area contributed by atoms with E-state index >= 15 is 0 Å². The van der Waals surface area contributed by atoms with E-state index < -0.39 is 10.0 Å². The monoisotopic (exact) mass is 424 g/mol. The van der Waals surface area contributed by atoms with Crippen molar-refractivity contribution in [2.24, 2.45) is 0 Å². The summed E-state index contributed by atoms with van der Waals surface area (Å²) in [7, 11) is -1.82. The van der Waals surface area contributed by atoms with Crippen LogP contribution in [0.3, 0.4) is 0 Å². The molecule has 0 unspecified atom stereocenters. The summed E-state index contributed by atoms with van der Waals surface area (Å²) in [5.41, 5.74) is 1.82.